The van der Waals surface area contributed by atoms with Gasteiger partial charge in [-0.25, -0.2) is 4.79 Å². The van der Waals surface area contributed by atoms with Crippen LogP contribution in [0.25, 0.3) is 11.1 Å². The predicted octanol–water partition coefficient (Wildman–Crippen LogP) is 4.43. The Bertz CT molecular complexity index is 1380. The molecule has 0 aromatic heterocycles. The quantitative estimate of drug-likeness (QED) is 0.269. The lowest BCUT2D eigenvalue weighted by Crippen LogP contribution is -2.62. The van der Waals surface area contributed by atoms with E-state index in [1.54, 1.807) is 23.9 Å². The van der Waals surface area contributed by atoms with E-state index in [1.807, 2.05) is 56.6 Å². The maximum atomic E-state index is 14.0. The van der Waals surface area contributed by atoms with Gasteiger partial charge in [0.1, 0.15) is 12.1 Å². The fraction of sp³-hybridized carbons (Fsp3) is 0.622. The number of aliphatic hydroxyl groups excluding tert-OH is 2. The van der Waals surface area contributed by atoms with Gasteiger partial charge in [0.15, 0.2) is 0 Å². The number of anilines is 1. The van der Waals surface area contributed by atoms with Gasteiger partial charge >= 0.3 is 6.03 Å². The topological polar surface area (TPSA) is 118 Å². The number of nitrogens with one attached hydrogen (secondary N) is 2. The summed E-state index contributed by atoms with van der Waals surface area (Å²) in [6.07, 6.45) is 1.57. The SMILES string of the molecule is CC(O)[C@@H]1C(CO)ON(Cc2cccc(-c3ccc(NC(=O)N(C)CCCN(C)C)cc3)c2)[C@@H]1C(=O)N[C@H]1C[C@@H]2C[C@H](C1C)C2(C)C. The van der Waals surface area contributed by atoms with E-state index in [2.05, 4.69) is 42.4 Å². The number of rotatable bonds is 12. The van der Waals surface area contributed by atoms with Crippen molar-refractivity contribution in [2.45, 2.75) is 77.8 Å². The second kappa shape index (κ2) is 14.6. The Morgan fingerprint density at radius 2 is 1.79 bits per heavy atom. The van der Waals surface area contributed by atoms with Crippen molar-refractivity contribution in [3.8, 4) is 11.1 Å². The molecule has 3 aliphatic carbocycles. The van der Waals surface area contributed by atoms with Gasteiger partial charge in [-0.2, -0.15) is 5.06 Å². The number of hydroxylamine groups is 2. The summed E-state index contributed by atoms with van der Waals surface area (Å²) in [6, 6.07) is 15.0. The molecule has 4 fully saturated rings. The molecule has 6 rings (SSSR count). The summed E-state index contributed by atoms with van der Waals surface area (Å²) < 4.78 is 0. The summed E-state index contributed by atoms with van der Waals surface area (Å²) in [4.78, 5) is 36.6. The van der Waals surface area contributed by atoms with Gasteiger partial charge in [-0.1, -0.05) is 51.1 Å². The van der Waals surface area contributed by atoms with Crippen LogP contribution in [0.2, 0.25) is 0 Å². The molecule has 258 valence electrons. The minimum absolute atomic E-state index is 0.0866. The van der Waals surface area contributed by atoms with E-state index in [0.29, 0.717) is 36.3 Å². The third-order valence-electron chi connectivity index (χ3n) is 11.2. The maximum Gasteiger partial charge on any atom is 0.321 e. The number of carbonyl (C=O) groups is 2. The van der Waals surface area contributed by atoms with Crippen LogP contribution in [0.5, 0.6) is 0 Å². The third-order valence-corrected chi connectivity index (χ3v) is 11.2. The second-order valence-electron chi connectivity index (χ2n) is 15.0. The van der Waals surface area contributed by atoms with Crippen LogP contribution in [-0.2, 0) is 16.2 Å². The Hall–Kier alpha value is -3.02. The van der Waals surface area contributed by atoms with Crippen LogP contribution in [0.4, 0.5) is 10.5 Å². The standard InChI is InChI=1S/C37H55N5O5/c1-23-30-19-28(37(30,3)4)20-31(23)39-35(45)34-33(24(2)44)32(22-43)47-42(34)21-25-10-8-11-27(18-25)26-12-14-29(15-13-26)38-36(46)41(7)17-9-16-40(5)6/h8,10-15,18,23-24,28,30-34,43-44H,9,16-17,19-22H2,1-7H3,(H,38,46)(H,39,45)/t23?,24?,28-,30+,31-,32?,33+,34-/m0/s1. The molecule has 3 unspecified atom stereocenters. The molecule has 3 amide bonds. The van der Waals surface area contributed by atoms with Crippen molar-refractivity contribution in [2.75, 3.05) is 46.2 Å². The van der Waals surface area contributed by atoms with Gasteiger partial charge in [-0.15, -0.1) is 0 Å². The normalized spacial score (nSPS) is 28.9. The van der Waals surface area contributed by atoms with Crippen molar-refractivity contribution < 1.29 is 24.6 Å². The number of hydrogen-bond donors (Lipinski definition) is 4. The summed E-state index contributed by atoms with van der Waals surface area (Å²) in [7, 11) is 5.84. The average Bonchev–Trinajstić information content (AvgIpc) is 3.40. The van der Waals surface area contributed by atoms with Crippen LogP contribution in [0.3, 0.4) is 0 Å². The number of benzene rings is 2. The van der Waals surface area contributed by atoms with E-state index < -0.39 is 24.2 Å². The fourth-order valence-corrected chi connectivity index (χ4v) is 8.20. The van der Waals surface area contributed by atoms with Crippen molar-refractivity contribution in [3.05, 3.63) is 54.1 Å². The molecule has 2 aromatic rings. The Morgan fingerprint density at radius 3 is 2.40 bits per heavy atom. The predicted molar refractivity (Wildman–Crippen MR) is 184 cm³/mol. The molecule has 8 atom stereocenters. The number of aliphatic hydroxyl groups is 2. The van der Waals surface area contributed by atoms with Gasteiger partial charge in [0.25, 0.3) is 0 Å². The number of fused-ring (bicyclic) bond motifs is 2. The van der Waals surface area contributed by atoms with Gasteiger partial charge in [0, 0.05) is 31.2 Å². The van der Waals surface area contributed by atoms with Gasteiger partial charge in [-0.3, -0.25) is 9.63 Å². The summed E-state index contributed by atoms with van der Waals surface area (Å²) >= 11 is 0. The highest BCUT2D eigenvalue weighted by Crippen LogP contribution is 2.61. The molecule has 0 spiro atoms. The Balaban J connectivity index is 1.26. The van der Waals surface area contributed by atoms with Gasteiger partial charge < -0.3 is 30.6 Å². The highest BCUT2D eigenvalue weighted by Gasteiger charge is 2.57. The molecule has 1 aliphatic heterocycles. The summed E-state index contributed by atoms with van der Waals surface area (Å²) in [5.41, 5.74) is 3.96. The zero-order valence-corrected chi connectivity index (χ0v) is 29.1. The first-order valence-corrected chi connectivity index (χ1v) is 17.2. The van der Waals surface area contributed by atoms with E-state index in [-0.39, 0.29) is 24.6 Å². The number of urea groups is 1. The zero-order chi connectivity index (χ0) is 34.0. The molecule has 1 saturated heterocycles. The van der Waals surface area contributed by atoms with Gasteiger partial charge in [-0.05, 0) is 105 Å². The van der Waals surface area contributed by atoms with Crippen LogP contribution < -0.4 is 10.6 Å². The molecule has 4 N–H and O–H groups in total. The van der Waals surface area contributed by atoms with Crippen LogP contribution in [0.15, 0.2) is 48.5 Å². The molecule has 47 heavy (non-hydrogen) atoms. The zero-order valence-electron chi connectivity index (χ0n) is 29.1. The Labute approximate surface area is 280 Å². The second-order valence-corrected chi connectivity index (χ2v) is 15.0. The molecule has 2 aromatic carbocycles. The number of carbonyl (C=O) groups excluding carboxylic acids is 2. The summed E-state index contributed by atoms with van der Waals surface area (Å²) in [5.74, 6) is 0.851. The minimum Gasteiger partial charge on any atom is -0.394 e. The van der Waals surface area contributed by atoms with E-state index in [1.165, 1.54) is 6.42 Å². The van der Waals surface area contributed by atoms with Crippen molar-refractivity contribution >= 4 is 17.6 Å². The molecular weight excluding hydrogens is 594 g/mol. The first kappa shape index (κ1) is 35.3. The van der Waals surface area contributed by atoms with Crippen molar-refractivity contribution in [1.82, 2.24) is 20.2 Å². The first-order valence-electron chi connectivity index (χ1n) is 17.2. The number of amides is 3. The van der Waals surface area contributed by atoms with Crippen molar-refractivity contribution in [2.24, 2.45) is 29.1 Å². The lowest BCUT2D eigenvalue weighted by Gasteiger charge is -2.62. The average molecular weight is 650 g/mol. The Morgan fingerprint density at radius 1 is 1.06 bits per heavy atom. The lowest BCUT2D eigenvalue weighted by molar-refractivity contribution is -0.183. The third kappa shape index (κ3) is 7.67. The van der Waals surface area contributed by atoms with Gasteiger partial charge in [0.05, 0.1) is 19.3 Å². The number of hydrogen-bond acceptors (Lipinski definition) is 7. The summed E-state index contributed by atoms with van der Waals surface area (Å²) in [5, 5.41) is 28.9. The van der Waals surface area contributed by atoms with E-state index in [9.17, 15) is 19.8 Å². The molecule has 10 heteroatoms. The monoisotopic (exact) mass is 649 g/mol. The van der Waals surface area contributed by atoms with Crippen molar-refractivity contribution in [3.63, 3.8) is 0 Å². The maximum absolute atomic E-state index is 14.0. The molecule has 1 heterocycles. The minimum atomic E-state index is -0.841. The number of nitrogens with zero attached hydrogens (tertiary/aromatic N) is 3. The molecule has 4 aliphatic rings. The van der Waals surface area contributed by atoms with Gasteiger partial charge in [0.2, 0.25) is 5.91 Å². The van der Waals surface area contributed by atoms with E-state index >= 15 is 0 Å². The summed E-state index contributed by atoms with van der Waals surface area (Å²) in [6.45, 7) is 10.2. The lowest BCUT2D eigenvalue weighted by atomic mass is 9.45. The van der Waals surface area contributed by atoms with Crippen LogP contribution in [0, 0.1) is 29.1 Å². The highest BCUT2D eigenvalue weighted by atomic mass is 16.7. The smallest absolute Gasteiger partial charge is 0.321 e. The molecule has 0 radical (unpaired) electrons. The molecule has 2 bridgehead atoms. The van der Waals surface area contributed by atoms with Crippen LogP contribution >= 0.6 is 0 Å². The van der Waals surface area contributed by atoms with Crippen LogP contribution in [0.1, 0.15) is 52.5 Å². The first-order chi connectivity index (χ1) is 22.3. The molecule has 10 nitrogen and oxygen atoms in total. The Kier molecular flexibility index (Phi) is 11.0. The molecule has 3 saturated carbocycles. The van der Waals surface area contributed by atoms with Crippen LogP contribution in [-0.4, -0.2) is 102 Å². The largest absolute Gasteiger partial charge is 0.394 e. The fourth-order valence-electron chi connectivity index (χ4n) is 8.20. The highest BCUT2D eigenvalue weighted by molar-refractivity contribution is 5.89. The van der Waals surface area contributed by atoms with E-state index in [4.69, 9.17) is 4.84 Å². The van der Waals surface area contributed by atoms with E-state index in [0.717, 1.165) is 41.8 Å². The van der Waals surface area contributed by atoms with Crippen molar-refractivity contribution in [1.29, 1.82) is 0 Å². The molecular formula is C37H55N5O5.